The number of nitro groups is 1. The van der Waals surface area contributed by atoms with Gasteiger partial charge in [0.15, 0.2) is 0 Å². The molecule has 1 aromatic heterocycles. The molecule has 0 aliphatic rings. The van der Waals surface area contributed by atoms with Crippen LogP contribution in [0.25, 0.3) is 0 Å². The van der Waals surface area contributed by atoms with E-state index >= 15 is 0 Å². The van der Waals surface area contributed by atoms with E-state index < -0.39 is 40.0 Å². The second-order valence-corrected chi connectivity index (χ2v) is 2.87. The van der Waals surface area contributed by atoms with E-state index in [4.69, 9.17) is 5.73 Å². The molecule has 0 aliphatic heterocycles. The minimum absolute atomic E-state index is 0.610. The van der Waals surface area contributed by atoms with Crippen molar-refractivity contribution in [3.8, 4) is 0 Å². The molecule has 0 atom stereocenters. The number of aromatic nitrogens is 1. The smallest absolute Gasteiger partial charge is 0.364 e. The summed E-state index contributed by atoms with van der Waals surface area (Å²) in [5.41, 5.74) is 1.93. The highest BCUT2D eigenvalue weighted by atomic mass is 19.3. The van der Waals surface area contributed by atoms with Gasteiger partial charge in [0, 0.05) is 6.20 Å². The number of alkyl halides is 2. The van der Waals surface area contributed by atoms with Crippen LogP contribution in [-0.2, 0) is 4.74 Å². The third kappa shape index (κ3) is 2.27. The van der Waals surface area contributed by atoms with Crippen LogP contribution in [0.4, 0.5) is 20.2 Å². The molecule has 1 heterocycles. The van der Waals surface area contributed by atoms with Gasteiger partial charge in [-0.2, -0.15) is 0 Å². The first kappa shape index (κ1) is 12.7. The lowest BCUT2D eigenvalue weighted by Crippen LogP contribution is -2.12. The predicted octanol–water partition coefficient (Wildman–Crippen LogP) is 1.30. The molecular formula is C8H7F2N3O4. The number of pyridine rings is 1. The molecule has 0 aliphatic carbocycles. The van der Waals surface area contributed by atoms with Gasteiger partial charge in [-0.15, -0.1) is 0 Å². The Morgan fingerprint density at radius 3 is 2.65 bits per heavy atom. The van der Waals surface area contributed by atoms with E-state index in [2.05, 4.69) is 9.72 Å². The molecule has 1 rings (SSSR count). The van der Waals surface area contributed by atoms with Gasteiger partial charge in [0.1, 0.15) is 5.69 Å². The van der Waals surface area contributed by atoms with Gasteiger partial charge < -0.3 is 10.5 Å². The molecule has 0 fully saturated rings. The molecular weight excluding hydrogens is 240 g/mol. The number of esters is 1. The lowest BCUT2D eigenvalue weighted by Gasteiger charge is -2.07. The lowest BCUT2D eigenvalue weighted by atomic mass is 10.1. The largest absolute Gasteiger partial charge is 0.464 e. The Labute approximate surface area is 93.3 Å². The maximum atomic E-state index is 12.4. The van der Waals surface area contributed by atoms with E-state index in [-0.39, 0.29) is 0 Å². The summed E-state index contributed by atoms with van der Waals surface area (Å²) in [6, 6.07) is 0. The zero-order valence-corrected chi connectivity index (χ0v) is 8.52. The third-order valence-corrected chi connectivity index (χ3v) is 1.92. The number of nitrogens with zero attached hydrogens (tertiary/aromatic N) is 2. The van der Waals surface area contributed by atoms with Crippen molar-refractivity contribution in [3.63, 3.8) is 0 Å². The number of carbonyl (C=O) groups excluding carboxylic acids is 1. The highest BCUT2D eigenvalue weighted by Crippen LogP contribution is 2.33. The van der Waals surface area contributed by atoms with Gasteiger partial charge in [-0.25, -0.2) is 18.6 Å². The number of rotatable bonds is 3. The molecule has 0 amide bonds. The number of anilines is 1. The number of hydrogen-bond acceptors (Lipinski definition) is 6. The number of halogens is 2. The normalized spacial score (nSPS) is 10.4. The first-order valence-corrected chi connectivity index (χ1v) is 4.19. The fraction of sp³-hybridized carbons (Fsp3) is 0.250. The van der Waals surface area contributed by atoms with E-state index in [0.29, 0.717) is 6.20 Å². The van der Waals surface area contributed by atoms with Crippen LogP contribution >= 0.6 is 0 Å². The number of ether oxygens (including phenoxy) is 1. The van der Waals surface area contributed by atoms with Gasteiger partial charge in [-0.05, 0) is 0 Å². The van der Waals surface area contributed by atoms with Gasteiger partial charge in [0.05, 0.1) is 17.6 Å². The Balaban J connectivity index is 3.50. The molecule has 0 saturated carbocycles. The second kappa shape index (κ2) is 4.68. The Bertz CT molecular complexity index is 478. The number of methoxy groups -OCH3 is 1. The Kier molecular flexibility index (Phi) is 3.51. The molecule has 2 N–H and O–H groups in total. The van der Waals surface area contributed by atoms with Crippen molar-refractivity contribution in [1.82, 2.24) is 4.98 Å². The van der Waals surface area contributed by atoms with Crippen LogP contribution in [-0.4, -0.2) is 23.0 Å². The monoisotopic (exact) mass is 247 g/mol. The van der Waals surface area contributed by atoms with Gasteiger partial charge in [0.25, 0.3) is 6.43 Å². The number of nitrogen functional groups attached to an aromatic ring is 1. The Hall–Kier alpha value is -2.32. The fourth-order valence-electron chi connectivity index (χ4n) is 1.13. The van der Waals surface area contributed by atoms with Crippen molar-refractivity contribution in [3.05, 3.63) is 27.6 Å². The van der Waals surface area contributed by atoms with E-state index in [1.807, 2.05) is 0 Å². The summed E-state index contributed by atoms with van der Waals surface area (Å²) in [5, 5.41) is 10.7. The van der Waals surface area contributed by atoms with E-state index in [0.717, 1.165) is 7.11 Å². The SMILES string of the molecule is COC(=O)c1ncc(C(F)F)c(N)c1[N+](=O)[O-]. The second-order valence-electron chi connectivity index (χ2n) is 2.87. The number of hydrogen-bond donors (Lipinski definition) is 1. The van der Waals surface area contributed by atoms with Crippen molar-refractivity contribution >= 4 is 17.3 Å². The molecule has 0 radical (unpaired) electrons. The topological polar surface area (TPSA) is 108 Å². The van der Waals surface area contributed by atoms with Crippen molar-refractivity contribution in [2.75, 3.05) is 12.8 Å². The van der Waals surface area contributed by atoms with Gasteiger partial charge >= 0.3 is 11.7 Å². The zero-order valence-electron chi connectivity index (χ0n) is 8.52. The van der Waals surface area contributed by atoms with Crippen molar-refractivity contribution < 1.29 is 23.2 Å². The molecule has 0 saturated heterocycles. The molecule has 9 heteroatoms. The maximum absolute atomic E-state index is 12.4. The highest BCUT2D eigenvalue weighted by Gasteiger charge is 2.30. The average molecular weight is 247 g/mol. The molecule has 0 bridgehead atoms. The number of nitrogens with two attached hydrogens (primary N) is 1. The summed E-state index contributed by atoms with van der Waals surface area (Å²) >= 11 is 0. The maximum Gasteiger partial charge on any atom is 0.364 e. The molecule has 7 nitrogen and oxygen atoms in total. The predicted molar refractivity (Wildman–Crippen MR) is 51.6 cm³/mol. The first-order chi connectivity index (χ1) is 7.90. The minimum atomic E-state index is -3.02. The summed E-state index contributed by atoms with van der Waals surface area (Å²) in [5.74, 6) is -1.12. The first-order valence-electron chi connectivity index (χ1n) is 4.19. The number of carbonyl (C=O) groups is 1. The summed E-state index contributed by atoms with van der Waals surface area (Å²) in [6.45, 7) is 0. The van der Waals surface area contributed by atoms with E-state index in [1.165, 1.54) is 0 Å². The van der Waals surface area contributed by atoms with Crippen LogP contribution in [0.5, 0.6) is 0 Å². The fourth-order valence-corrected chi connectivity index (χ4v) is 1.13. The minimum Gasteiger partial charge on any atom is -0.464 e. The van der Waals surface area contributed by atoms with Gasteiger partial charge in [0.2, 0.25) is 5.69 Å². The van der Waals surface area contributed by atoms with Crippen LogP contribution < -0.4 is 5.73 Å². The van der Waals surface area contributed by atoms with Crippen LogP contribution in [0.15, 0.2) is 6.20 Å². The van der Waals surface area contributed by atoms with E-state index in [1.54, 1.807) is 0 Å². The quantitative estimate of drug-likeness (QED) is 0.489. The molecule has 92 valence electrons. The standard InChI is InChI=1S/C8H7F2N3O4/c1-17-8(14)5-6(13(15)16)4(11)3(2-12-5)7(9)10/h2,7H,1H3,(H2,11,12). The lowest BCUT2D eigenvalue weighted by molar-refractivity contribution is -0.384. The Morgan fingerprint density at radius 2 is 2.24 bits per heavy atom. The van der Waals surface area contributed by atoms with Crippen LogP contribution in [0.2, 0.25) is 0 Å². The van der Waals surface area contributed by atoms with Gasteiger partial charge in [-0.1, -0.05) is 0 Å². The van der Waals surface area contributed by atoms with Crippen LogP contribution in [0.3, 0.4) is 0 Å². The molecule has 17 heavy (non-hydrogen) atoms. The van der Waals surface area contributed by atoms with Gasteiger partial charge in [-0.3, -0.25) is 10.1 Å². The molecule has 0 unspecified atom stereocenters. The Morgan fingerprint density at radius 1 is 1.65 bits per heavy atom. The van der Waals surface area contributed by atoms with E-state index in [9.17, 15) is 23.7 Å². The molecule has 0 spiro atoms. The van der Waals surface area contributed by atoms with Crippen LogP contribution in [0, 0.1) is 10.1 Å². The van der Waals surface area contributed by atoms with Crippen molar-refractivity contribution in [2.24, 2.45) is 0 Å². The average Bonchev–Trinajstić information content (AvgIpc) is 2.26. The molecule has 1 aromatic rings. The summed E-state index contributed by atoms with van der Waals surface area (Å²) in [6.07, 6.45) is -2.41. The summed E-state index contributed by atoms with van der Waals surface area (Å²) in [7, 11) is 0.977. The highest BCUT2D eigenvalue weighted by molar-refractivity contribution is 5.94. The van der Waals surface area contributed by atoms with Crippen molar-refractivity contribution in [1.29, 1.82) is 0 Å². The van der Waals surface area contributed by atoms with Crippen molar-refractivity contribution in [2.45, 2.75) is 6.43 Å². The third-order valence-electron chi connectivity index (χ3n) is 1.92. The summed E-state index contributed by atoms with van der Waals surface area (Å²) < 4.78 is 29.1. The molecule has 0 aromatic carbocycles. The zero-order chi connectivity index (χ0) is 13.2. The summed E-state index contributed by atoms with van der Waals surface area (Å²) in [4.78, 5) is 24.0. The van der Waals surface area contributed by atoms with Crippen LogP contribution in [0.1, 0.15) is 22.5 Å².